The molecular weight excluding hydrogens is 162 g/mol. The molecule has 0 aliphatic rings. The van der Waals surface area contributed by atoms with Gasteiger partial charge in [0.05, 0.1) is 10.4 Å². The van der Waals surface area contributed by atoms with E-state index in [1.165, 1.54) is 0 Å². The van der Waals surface area contributed by atoms with E-state index in [4.69, 9.17) is 0 Å². The molecule has 2 heterocycles. The minimum Gasteiger partial charge on any atom is -0.295 e. The van der Waals surface area contributed by atoms with Crippen LogP contribution in [0.15, 0.2) is 10.9 Å². The fourth-order valence-electron chi connectivity index (χ4n) is 0.852. The predicted octanol–water partition coefficient (Wildman–Crippen LogP) is 0.688. The van der Waals surface area contributed by atoms with Crippen LogP contribution < -0.4 is 4.87 Å². The van der Waals surface area contributed by atoms with Gasteiger partial charge in [-0.1, -0.05) is 11.3 Å². The number of nitrogens with zero attached hydrogens (tertiary/aromatic N) is 2. The van der Waals surface area contributed by atoms with Gasteiger partial charge in [0.2, 0.25) is 0 Å². The van der Waals surface area contributed by atoms with Crippen molar-refractivity contribution in [1.29, 1.82) is 0 Å². The third-order valence-corrected chi connectivity index (χ3v) is 2.12. The summed E-state index contributed by atoms with van der Waals surface area (Å²) in [5.41, 5.74) is 1.40. The molecule has 0 amide bonds. The lowest BCUT2D eigenvalue weighted by molar-refractivity contribution is 1.00. The van der Waals surface area contributed by atoms with Crippen molar-refractivity contribution in [3.63, 3.8) is 0 Å². The summed E-state index contributed by atoms with van der Waals surface area (Å²) in [5.74, 6) is 0. The van der Waals surface area contributed by atoms with Crippen LogP contribution in [-0.2, 0) is 0 Å². The average Bonchev–Trinajstić information content (AvgIpc) is 2.27. The van der Waals surface area contributed by atoms with Crippen molar-refractivity contribution in [3.05, 3.63) is 21.4 Å². The first kappa shape index (κ1) is 6.48. The van der Waals surface area contributed by atoms with Crippen LogP contribution in [0, 0.1) is 6.92 Å². The van der Waals surface area contributed by atoms with Crippen LogP contribution >= 0.6 is 11.3 Å². The summed E-state index contributed by atoms with van der Waals surface area (Å²) in [7, 11) is 0. The van der Waals surface area contributed by atoms with E-state index in [2.05, 4.69) is 15.2 Å². The van der Waals surface area contributed by atoms with Crippen LogP contribution in [0.5, 0.6) is 0 Å². The minimum atomic E-state index is -0.0834. The highest BCUT2D eigenvalue weighted by atomic mass is 32.1. The monoisotopic (exact) mass is 167 g/mol. The first-order valence-corrected chi connectivity index (χ1v) is 3.90. The molecule has 0 radical (unpaired) electrons. The lowest BCUT2D eigenvalue weighted by atomic mass is 10.4. The third kappa shape index (κ3) is 1.03. The summed E-state index contributed by atoms with van der Waals surface area (Å²) in [6.07, 6.45) is 0. The summed E-state index contributed by atoms with van der Waals surface area (Å²) in [6.45, 7) is 1.84. The zero-order valence-electron chi connectivity index (χ0n) is 5.79. The van der Waals surface area contributed by atoms with Crippen molar-refractivity contribution in [2.45, 2.75) is 6.92 Å². The number of nitrogens with one attached hydrogen (secondary N) is 1. The van der Waals surface area contributed by atoms with E-state index < -0.39 is 0 Å². The highest BCUT2D eigenvalue weighted by Gasteiger charge is 1.99. The molecule has 0 saturated carbocycles. The molecule has 0 atom stereocenters. The van der Waals surface area contributed by atoms with Crippen LogP contribution in [0.3, 0.4) is 0 Å². The molecule has 0 unspecified atom stereocenters. The van der Waals surface area contributed by atoms with E-state index >= 15 is 0 Å². The molecule has 11 heavy (non-hydrogen) atoms. The van der Waals surface area contributed by atoms with E-state index in [0.717, 1.165) is 21.7 Å². The van der Waals surface area contributed by atoms with Crippen LogP contribution in [0.2, 0.25) is 0 Å². The highest BCUT2D eigenvalue weighted by Crippen LogP contribution is 2.10. The number of H-pyrrole nitrogens is 1. The number of fused-ring (bicyclic) bond motifs is 1. The van der Waals surface area contributed by atoms with E-state index in [1.54, 1.807) is 0 Å². The maximum atomic E-state index is 10.8. The number of hydrogen-bond acceptors (Lipinski definition) is 4. The van der Waals surface area contributed by atoms with Crippen molar-refractivity contribution in [3.8, 4) is 0 Å². The Morgan fingerprint density at radius 1 is 1.55 bits per heavy atom. The SMILES string of the molecule is Cc1cc2sc(=O)[nH]c2nn1. The van der Waals surface area contributed by atoms with Crippen molar-refractivity contribution in [1.82, 2.24) is 15.2 Å². The summed E-state index contributed by atoms with van der Waals surface area (Å²) < 4.78 is 0.863. The summed E-state index contributed by atoms with van der Waals surface area (Å²) in [6, 6.07) is 1.84. The zero-order chi connectivity index (χ0) is 7.84. The number of rotatable bonds is 0. The average molecular weight is 167 g/mol. The molecule has 1 N–H and O–H groups in total. The Bertz CT molecular complexity index is 444. The predicted molar refractivity (Wildman–Crippen MR) is 42.8 cm³/mol. The van der Waals surface area contributed by atoms with Gasteiger partial charge in [0.25, 0.3) is 0 Å². The second-order valence-electron chi connectivity index (χ2n) is 2.21. The van der Waals surface area contributed by atoms with Gasteiger partial charge in [0.1, 0.15) is 0 Å². The quantitative estimate of drug-likeness (QED) is 0.628. The Morgan fingerprint density at radius 2 is 2.36 bits per heavy atom. The maximum Gasteiger partial charge on any atom is 0.306 e. The Labute approximate surface area is 65.9 Å². The molecule has 0 bridgehead atoms. The molecule has 56 valence electrons. The van der Waals surface area contributed by atoms with Gasteiger partial charge >= 0.3 is 4.87 Å². The number of hydrogen-bond donors (Lipinski definition) is 1. The van der Waals surface area contributed by atoms with Crippen LogP contribution in [0.4, 0.5) is 0 Å². The van der Waals surface area contributed by atoms with Crippen LogP contribution in [0.1, 0.15) is 5.69 Å². The van der Waals surface area contributed by atoms with Gasteiger partial charge in [-0.2, -0.15) is 5.10 Å². The normalized spacial score (nSPS) is 10.6. The first-order valence-electron chi connectivity index (χ1n) is 3.09. The fraction of sp³-hybridized carbons (Fsp3) is 0.167. The topological polar surface area (TPSA) is 58.6 Å². The standard InChI is InChI=1S/C6H5N3OS/c1-3-2-4-5(9-8-3)7-6(10)11-4/h2H,1H3,(H,7,9,10). The molecular formula is C6H5N3OS. The van der Waals surface area contributed by atoms with Gasteiger partial charge in [0.15, 0.2) is 5.65 Å². The van der Waals surface area contributed by atoms with E-state index in [9.17, 15) is 4.79 Å². The maximum absolute atomic E-state index is 10.8. The Balaban J connectivity index is 2.92. The van der Waals surface area contributed by atoms with Crippen molar-refractivity contribution in [2.75, 3.05) is 0 Å². The second-order valence-corrected chi connectivity index (χ2v) is 3.23. The molecule has 2 aromatic heterocycles. The van der Waals surface area contributed by atoms with E-state index in [1.807, 2.05) is 13.0 Å². The van der Waals surface area contributed by atoms with E-state index in [-0.39, 0.29) is 4.87 Å². The molecule has 0 aliphatic heterocycles. The van der Waals surface area contributed by atoms with Gasteiger partial charge < -0.3 is 0 Å². The van der Waals surface area contributed by atoms with Gasteiger partial charge in [0, 0.05) is 0 Å². The summed E-state index contributed by atoms with van der Waals surface area (Å²) >= 11 is 1.15. The summed E-state index contributed by atoms with van der Waals surface area (Å²) in [5, 5.41) is 7.61. The Hall–Kier alpha value is -1.23. The first-order chi connectivity index (χ1) is 5.25. The number of thiazole rings is 1. The van der Waals surface area contributed by atoms with Crippen LogP contribution in [-0.4, -0.2) is 15.2 Å². The molecule has 4 nitrogen and oxygen atoms in total. The van der Waals surface area contributed by atoms with Gasteiger partial charge in [-0.05, 0) is 13.0 Å². The van der Waals surface area contributed by atoms with Crippen molar-refractivity contribution < 1.29 is 0 Å². The highest BCUT2D eigenvalue weighted by molar-refractivity contribution is 7.16. The second kappa shape index (κ2) is 2.13. The zero-order valence-corrected chi connectivity index (χ0v) is 6.60. The molecule has 0 fully saturated rings. The number of aromatic amines is 1. The third-order valence-electron chi connectivity index (χ3n) is 1.30. The van der Waals surface area contributed by atoms with E-state index in [0.29, 0.717) is 5.65 Å². The lowest BCUT2D eigenvalue weighted by Crippen LogP contribution is -1.91. The van der Waals surface area contributed by atoms with Gasteiger partial charge in [-0.3, -0.25) is 9.78 Å². The largest absolute Gasteiger partial charge is 0.306 e. The number of aromatic nitrogens is 3. The molecule has 0 spiro atoms. The lowest BCUT2D eigenvalue weighted by Gasteiger charge is -1.86. The molecule has 2 rings (SSSR count). The molecule has 5 heteroatoms. The van der Waals surface area contributed by atoms with Crippen molar-refractivity contribution in [2.24, 2.45) is 0 Å². The van der Waals surface area contributed by atoms with Crippen LogP contribution in [0.25, 0.3) is 10.3 Å². The molecule has 0 saturated heterocycles. The molecule has 0 aromatic carbocycles. The van der Waals surface area contributed by atoms with Gasteiger partial charge in [-0.25, -0.2) is 0 Å². The van der Waals surface area contributed by atoms with Crippen molar-refractivity contribution >= 4 is 21.7 Å². The molecule has 0 aliphatic carbocycles. The Kier molecular flexibility index (Phi) is 1.25. The smallest absolute Gasteiger partial charge is 0.295 e. The summed E-state index contributed by atoms with van der Waals surface area (Å²) in [4.78, 5) is 13.3. The van der Waals surface area contributed by atoms with Gasteiger partial charge in [-0.15, -0.1) is 5.10 Å². The minimum absolute atomic E-state index is 0.0834. The Morgan fingerprint density at radius 3 is 3.18 bits per heavy atom. The number of aryl methyl sites for hydroxylation is 1. The fourth-order valence-corrected chi connectivity index (χ4v) is 1.62. The molecule has 2 aromatic rings.